The highest BCUT2D eigenvalue weighted by Crippen LogP contribution is 2.32. The van der Waals surface area contributed by atoms with E-state index in [0.717, 1.165) is 33.2 Å². The molecule has 1 amide bonds. The second-order valence-corrected chi connectivity index (χ2v) is 10.6. The molecule has 0 saturated carbocycles. The zero-order valence-electron chi connectivity index (χ0n) is 20.4. The summed E-state index contributed by atoms with van der Waals surface area (Å²) >= 11 is 12.4. The number of anilines is 1. The van der Waals surface area contributed by atoms with E-state index in [9.17, 15) is 13.2 Å². The van der Waals surface area contributed by atoms with Crippen LogP contribution < -0.4 is 19.2 Å². The summed E-state index contributed by atoms with van der Waals surface area (Å²) in [5, 5.41) is 5.05. The molecule has 9 nitrogen and oxygen atoms in total. The normalized spacial score (nSPS) is 11.5. The van der Waals surface area contributed by atoms with Gasteiger partial charge in [0.25, 0.3) is 5.91 Å². The van der Waals surface area contributed by atoms with Crippen LogP contribution in [0.4, 0.5) is 5.69 Å². The number of nitrogens with one attached hydrogen (secondary N) is 1. The van der Waals surface area contributed by atoms with E-state index in [2.05, 4.69) is 10.5 Å². The van der Waals surface area contributed by atoms with Gasteiger partial charge >= 0.3 is 0 Å². The number of hydrazone groups is 1. The quantitative estimate of drug-likeness (QED) is 0.314. The minimum absolute atomic E-state index is 0.248. The maximum Gasteiger partial charge on any atom is 0.260 e. The molecule has 0 aliphatic rings. The molecule has 3 rings (SSSR count). The lowest BCUT2D eigenvalue weighted by atomic mass is 10.2. The Bertz CT molecular complexity index is 1420. The Morgan fingerprint density at radius 1 is 1.08 bits per heavy atom. The van der Waals surface area contributed by atoms with Crippen molar-refractivity contribution in [3.63, 3.8) is 0 Å². The predicted molar refractivity (Wildman–Crippen MR) is 143 cm³/mol. The van der Waals surface area contributed by atoms with E-state index >= 15 is 0 Å². The third-order valence-corrected chi connectivity index (χ3v) is 7.03. The Morgan fingerprint density at radius 3 is 2.39 bits per heavy atom. The molecule has 1 N–H and O–H groups in total. The van der Waals surface area contributed by atoms with Gasteiger partial charge in [0.15, 0.2) is 11.5 Å². The summed E-state index contributed by atoms with van der Waals surface area (Å²) < 4.78 is 38.1. The summed E-state index contributed by atoms with van der Waals surface area (Å²) in [5.74, 6) is 0.139. The van der Waals surface area contributed by atoms with Crippen LogP contribution >= 0.6 is 23.2 Å². The van der Waals surface area contributed by atoms with Crippen LogP contribution in [0.2, 0.25) is 10.0 Å². The van der Waals surface area contributed by atoms with E-state index in [-0.39, 0.29) is 5.69 Å². The van der Waals surface area contributed by atoms with E-state index in [4.69, 9.17) is 32.7 Å². The number of rotatable bonds is 9. The monoisotopic (exact) mass is 552 g/mol. The standard InChI is InChI=1S/C24H26Cl2N4O5S/c1-15-10-17(16(2)30(15)21-8-6-18(25)11-20(21)26)13-27-28-24(31)14-29(36(5,32)33)19-7-9-22(34-3)23(12-19)35-4/h6-13H,14H2,1-5H3,(H,28,31)/b27-13-. The van der Waals surface area contributed by atoms with Crippen molar-refractivity contribution in [3.8, 4) is 17.2 Å². The molecule has 0 bridgehead atoms. The second-order valence-electron chi connectivity index (χ2n) is 7.86. The first-order valence-corrected chi connectivity index (χ1v) is 13.2. The number of methoxy groups -OCH3 is 2. The summed E-state index contributed by atoms with van der Waals surface area (Å²) in [5.41, 5.74) is 5.89. The first kappa shape index (κ1) is 27.4. The molecule has 0 spiro atoms. The fraction of sp³-hybridized carbons (Fsp3) is 0.250. The van der Waals surface area contributed by atoms with E-state index in [1.165, 1.54) is 32.6 Å². The Balaban J connectivity index is 1.78. The predicted octanol–water partition coefficient (Wildman–Crippen LogP) is 4.33. The second kappa shape index (κ2) is 11.2. The van der Waals surface area contributed by atoms with Crippen LogP contribution in [0.25, 0.3) is 5.69 Å². The first-order chi connectivity index (χ1) is 17.0. The average molecular weight is 553 g/mol. The number of hydrogen-bond donors (Lipinski definition) is 1. The van der Waals surface area contributed by atoms with Crippen LogP contribution in [0.3, 0.4) is 0 Å². The largest absolute Gasteiger partial charge is 0.493 e. The molecular formula is C24H26Cl2N4O5S. The van der Waals surface area contributed by atoms with E-state index in [1.807, 2.05) is 30.5 Å². The maximum absolute atomic E-state index is 12.6. The summed E-state index contributed by atoms with van der Waals surface area (Å²) in [7, 11) is -0.875. The molecule has 0 aliphatic heterocycles. The van der Waals surface area contributed by atoms with E-state index < -0.39 is 22.5 Å². The van der Waals surface area contributed by atoms with Crippen molar-refractivity contribution in [3.05, 3.63) is 69.5 Å². The molecule has 1 aromatic heterocycles. The van der Waals surface area contributed by atoms with Crippen LogP contribution in [0.5, 0.6) is 11.5 Å². The third kappa shape index (κ3) is 6.13. The highest BCUT2D eigenvalue weighted by atomic mass is 35.5. The number of amides is 1. The molecule has 0 unspecified atom stereocenters. The van der Waals surface area contributed by atoms with Crippen molar-refractivity contribution >= 4 is 51.0 Å². The number of halogens is 2. The van der Waals surface area contributed by atoms with Crippen LogP contribution in [-0.2, 0) is 14.8 Å². The SMILES string of the molecule is COc1ccc(N(CC(=O)N/N=C\c2cc(C)n(-c3ccc(Cl)cc3Cl)c2C)S(C)(=O)=O)cc1OC. The number of sulfonamides is 1. The lowest BCUT2D eigenvalue weighted by Gasteiger charge is -2.22. The van der Waals surface area contributed by atoms with Gasteiger partial charge in [0, 0.05) is 28.0 Å². The van der Waals surface area contributed by atoms with Crippen molar-refractivity contribution in [2.75, 3.05) is 31.3 Å². The fourth-order valence-electron chi connectivity index (χ4n) is 3.67. The van der Waals surface area contributed by atoms with Crippen molar-refractivity contribution in [2.45, 2.75) is 13.8 Å². The Kier molecular flexibility index (Phi) is 8.55. The molecule has 2 aromatic carbocycles. The summed E-state index contributed by atoms with van der Waals surface area (Å²) in [6.45, 7) is 3.33. The number of aromatic nitrogens is 1. The highest BCUT2D eigenvalue weighted by molar-refractivity contribution is 7.92. The molecule has 12 heteroatoms. The number of carbonyl (C=O) groups is 1. The van der Waals surface area contributed by atoms with Crippen LogP contribution in [-0.4, -0.2) is 52.1 Å². The number of carbonyl (C=O) groups excluding carboxylic acids is 1. The van der Waals surface area contributed by atoms with Crippen molar-refractivity contribution in [2.24, 2.45) is 5.10 Å². The van der Waals surface area contributed by atoms with Gasteiger partial charge in [-0.2, -0.15) is 5.10 Å². The van der Waals surface area contributed by atoms with Gasteiger partial charge in [-0.1, -0.05) is 23.2 Å². The molecule has 0 radical (unpaired) electrons. The van der Waals surface area contributed by atoms with Gasteiger partial charge in [0.2, 0.25) is 10.0 Å². The lowest BCUT2D eigenvalue weighted by molar-refractivity contribution is -0.119. The molecule has 3 aromatic rings. The number of hydrogen-bond acceptors (Lipinski definition) is 6. The molecule has 0 aliphatic carbocycles. The van der Waals surface area contributed by atoms with Gasteiger partial charge in [-0.25, -0.2) is 13.8 Å². The Labute approximate surface area is 220 Å². The van der Waals surface area contributed by atoms with Crippen molar-refractivity contribution in [1.29, 1.82) is 0 Å². The molecule has 192 valence electrons. The molecule has 0 fully saturated rings. The topological polar surface area (TPSA) is 102 Å². The van der Waals surface area contributed by atoms with Crippen LogP contribution in [0.1, 0.15) is 17.0 Å². The molecule has 36 heavy (non-hydrogen) atoms. The maximum atomic E-state index is 12.6. The lowest BCUT2D eigenvalue weighted by Crippen LogP contribution is -2.39. The summed E-state index contributed by atoms with van der Waals surface area (Å²) in [4.78, 5) is 12.6. The number of aryl methyl sites for hydroxylation is 1. The summed E-state index contributed by atoms with van der Waals surface area (Å²) in [6, 6.07) is 11.7. The Hall–Kier alpha value is -3.21. The third-order valence-electron chi connectivity index (χ3n) is 5.36. The van der Waals surface area contributed by atoms with Gasteiger partial charge in [-0.15, -0.1) is 0 Å². The zero-order valence-corrected chi connectivity index (χ0v) is 22.7. The van der Waals surface area contributed by atoms with Gasteiger partial charge in [-0.3, -0.25) is 9.10 Å². The fourth-order valence-corrected chi connectivity index (χ4v) is 5.01. The van der Waals surface area contributed by atoms with Gasteiger partial charge in [0.1, 0.15) is 6.54 Å². The van der Waals surface area contributed by atoms with Crippen molar-refractivity contribution < 1.29 is 22.7 Å². The molecule has 0 atom stereocenters. The number of ether oxygens (including phenoxy) is 2. The number of benzene rings is 2. The minimum Gasteiger partial charge on any atom is -0.493 e. The summed E-state index contributed by atoms with van der Waals surface area (Å²) in [6.07, 6.45) is 2.50. The number of nitrogens with zero attached hydrogens (tertiary/aromatic N) is 3. The molecular weight excluding hydrogens is 527 g/mol. The van der Waals surface area contributed by atoms with Crippen LogP contribution in [0, 0.1) is 13.8 Å². The highest BCUT2D eigenvalue weighted by Gasteiger charge is 2.22. The van der Waals surface area contributed by atoms with Gasteiger partial charge in [-0.05, 0) is 50.2 Å². The smallest absolute Gasteiger partial charge is 0.260 e. The van der Waals surface area contributed by atoms with Crippen molar-refractivity contribution in [1.82, 2.24) is 9.99 Å². The Morgan fingerprint density at radius 2 is 1.78 bits per heavy atom. The van der Waals surface area contributed by atoms with Crippen LogP contribution in [0.15, 0.2) is 47.6 Å². The molecule has 0 saturated heterocycles. The minimum atomic E-state index is -3.78. The van der Waals surface area contributed by atoms with E-state index in [1.54, 1.807) is 18.2 Å². The van der Waals surface area contributed by atoms with Gasteiger partial charge in [0.05, 0.1) is 43.1 Å². The zero-order chi connectivity index (χ0) is 26.6. The van der Waals surface area contributed by atoms with Gasteiger partial charge < -0.3 is 14.0 Å². The average Bonchev–Trinajstić information content (AvgIpc) is 3.09. The molecule has 1 heterocycles. The first-order valence-electron chi connectivity index (χ1n) is 10.6. The van der Waals surface area contributed by atoms with E-state index in [0.29, 0.717) is 21.5 Å².